The molecular formula is C14H18Cl3N. The molecule has 1 nitrogen and oxygen atoms in total. The molecule has 0 aromatic heterocycles. The van der Waals surface area contributed by atoms with E-state index in [1.54, 1.807) is 6.07 Å². The van der Waals surface area contributed by atoms with E-state index in [1.165, 1.54) is 6.42 Å². The number of halogens is 3. The highest BCUT2D eigenvalue weighted by Gasteiger charge is 2.37. The first-order valence-corrected chi connectivity index (χ1v) is 7.47. The lowest BCUT2D eigenvalue weighted by Crippen LogP contribution is -2.46. The number of hydrogen-bond acceptors (Lipinski definition) is 1. The fourth-order valence-corrected chi connectivity index (χ4v) is 3.41. The van der Waals surface area contributed by atoms with Crippen molar-refractivity contribution in [1.29, 1.82) is 0 Å². The van der Waals surface area contributed by atoms with E-state index >= 15 is 0 Å². The summed E-state index contributed by atoms with van der Waals surface area (Å²) in [7, 11) is 0. The zero-order valence-corrected chi connectivity index (χ0v) is 13.0. The molecule has 1 aliphatic rings. The second-order valence-electron chi connectivity index (χ2n) is 5.34. The maximum absolute atomic E-state index is 6.30. The molecular weight excluding hydrogens is 289 g/mol. The van der Waals surface area contributed by atoms with Gasteiger partial charge in [-0.1, -0.05) is 48.7 Å². The van der Waals surface area contributed by atoms with Gasteiger partial charge in [0.2, 0.25) is 0 Å². The van der Waals surface area contributed by atoms with Crippen molar-refractivity contribution in [3.63, 3.8) is 0 Å². The second-order valence-corrected chi connectivity index (χ2v) is 6.53. The third-order valence-corrected chi connectivity index (χ3v) is 5.21. The highest BCUT2D eigenvalue weighted by Crippen LogP contribution is 2.38. The number of benzene rings is 1. The van der Waals surface area contributed by atoms with E-state index < -0.39 is 0 Å². The summed E-state index contributed by atoms with van der Waals surface area (Å²) in [6.07, 6.45) is 3.20. The molecule has 0 bridgehead atoms. The highest BCUT2D eigenvalue weighted by atomic mass is 35.5. The molecule has 1 aromatic rings. The fourth-order valence-electron chi connectivity index (χ4n) is 2.72. The average molecular weight is 307 g/mol. The Hall–Kier alpha value is 0.0500. The largest absolute Gasteiger partial charge is 0.311 e. The Morgan fingerprint density at radius 3 is 2.44 bits per heavy atom. The minimum atomic E-state index is 0.0952. The van der Waals surface area contributed by atoms with Gasteiger partial charge in [-0.05, 0) is 49.4 Å². The van der Waals surface area contributed by atoms with Crippen molar-refractivity contribution in [2.45, 2.75) is 38.6 Å². The monoisotopic (exact) mass is 305 g/mol. The SMILES string of the molecule is CC(C)C1(Cc2c(Cl)ccc(Cl)c2Cl)CCCN1. The van der Waals surface area contributed by atoms with Gasteiger partial charge in [0.15, 0.2) is 0 Å². The summed E-state index contributed by atoms with van der Waals surface area (Å²) in [6.45, 7) is 5.54. The maximum atomic E-state index is 6.30. The molecule has 0 saturated carbocycles. The lowest BCUT2D eigenvalue weighted by atomic mass is 9.80. The van der Waals surface area contributed by atoms with Crippen molar-refractivity contribution in [2.24, 2.45) is 5.92 Å². The Morgan fingerprint density at radius 1 is 1.22 bits per heavy atom. The molecule has 18 heavy (non-hydrogen) atoms. The van der Waals surface area contributed by atoms with E-state index in [1.807, 2.05) is 6.07 Å². The van der Waals surface area contributed by atoms with Gasteiger partial charge in [-0.3, -0.25) is 0 Å². The van der Waals surface area contributed by atoms with Crippen molar-refractivity contribution < 1.29 is 0 Å². The summed E-state index contributed by atoms with van der Waals surface area (Å²) in [5.41, 5.74) is 1.06. The van der Waals surface area contributed by atoms with Crippen molar-refractivity contribution in [1.82, 2.24) is 5.32 Å². The standard InChI is InChI=1S/C14H18Cl3N/c1-9(2)14(6-3-7-18-14)8-10-11(15)4-5-12(16)13(10)17/h4-5,9,18H,3,6-8H2,1-2H3. The van der Waals surface area contributed by atoms with Crippen LogP contribution >= 0.6 is 34.8 Å². The molecule has 2 rings (SSSR count). The van der Waals surface area contributed by atoms with Crippen LogP contribution in [0.2, 0.25) is 15.1 Å². The van der Waals surface area contributed by atoms with Crippen LogP contribution in [0.1, 0.15) is 32.3 Å². The molecule has 0 spiro atoms. The van der Waals surface area contributed by atoms with Gasteiger partial charge in [0.25, 0.3) is 0 Å². The van der Waals surface area contributed by atoms with Crippen molar-refractivity contribution in [2.75, 3.05) is 6.54 Å². The van der Waals surface area contributed by atoms with Gasteiger partial charge in [0, 0.05) is 10.6 Å². The summed E-state index contributed by atoms with van der Waals surface area (Å²) in [5.74, 6) is 0.533. The molecule has 100 valence electrons. The van der Waals surface area contributed by atoms with Gasteiger partial charge in [0.05, 0.1) is 10.0 Å². The molecule has 4 heteroatoms. The Labute approximate surface area is 124 Å². The van der Waals surface area contributed by atoms with Gasteiger partial charge in [-0.15, -0.1) is 0 Å². The van der Waals surface area contributed by atoms with Crippen LogP contribution < -0.4 is 5.32 Å². The van der Waals surface area contributed by atoms with E-state index in [0.717, 1.165) is 24.9 Å². The molecule has 1 unspecified atom stereocenters. The number of hydrogen-bond donors (Lipinski definition) is 1. The molecule has 1 aliphatic heterocycles. The summed E-state index contributed by atoms with van der Waals surface area (Å²) in [4.78, 5) is 0. The van der Waals surface area contributed by atoms with Crippen molar-refractivity contribution in [3.8, 4) is 0 Å². The van der Waals surface area contributed by atoms with Crippen molar-refractivity contribution >= 4 is 34.8 Å². The molecule has 1 heterocycles. The molecule has 0 amide bonds. The van der Waals surface area contributed by atoms with E-state index in [0.29, 0.717) is 21.0 Å². The Bertz CT molecular complexity index is 437. The zero-order chi connectivity index (χ0) is 13.3. The van der Waals surface area contributed by atoms with E-state index in [-0.39, 0.29) is 5.54 Å². The first-order chi connectivity index (χ1) is 8.46. The first kappa shape index (κ1) is 14.5. The lowest BCUT2D eigenvalue weighted by Gasteiger charge is -2.35. The molecule has 0 radical (unpaired) electrons. The second kappa shape index (κ2) is 5.58. The van der Waals surface area contributed by atoms with Crippen LogP contribution in [0.25, 0.3) is 0 Å². The van der Waals surface area contributed by atoms with Crippen LogP contribution in [0.3, 0.4) is 0 Å². The van der Waals surface area contributed by atoms with Crippen LogP contribution in [0.4, 0.5) is 0 Å². The zero-order valence-electron chi connectivity index (χ0n) is 10.7. The molecule has 1 N–H and O–H groups in total. The molecule has 1 aromatic carbocycles. The predicted octanol–water partition coefficient (Wildman–Crippen LogP) is 4.97. The lowest BCUT2D eigenvalue weighted by molar-refractivity contribution is 0.269. The number of nitrogens with one attached hydrogen (secondary N) is 1. The molecule has 1 fully saturated rings. The topological polar surface area (TPSA) is 12.0 Å². The molecule has 0 aliphatic carbocycles. The smallest absolute Gasteiger partial charge is 0.0639 e. The average Bonchev–Trinajstić information content (AvgIpc) is 2.80. The van der Waals surface area contributed by atoms with Crippen LogP contribution in [-0.2, 0) is 6.42 Å². The van der Waals surface area contributed by atoms with Gasteiger partial charge in [0.1, 0.15) is 0 Å². The first-order valence-electron chi connectivity index (χ1n) is 6.34. The quantitative estimate of drug-likeness (QED) is 0.778. The normalized spacial score (nSPS) is 23.9. The Balaban J connectivity index is 2.36. The third kappa shape index (κ3) is 2.65. The van der Waals surface area contributed by atoms with E-state index in [2.05, 4.69) is 19.2 Å². The minimum absolute atomic E-state index is 0.0952. The molecule has 1 saturated heterocycles. The predicted molar refractivity (Wildman–Crippen MR) is 80.0 cm³/mol. The van der Waals surface area contributed by atoms with Crippen LogP contribution in [0.5, 0.6) is 0 Å². The fraction of sp³-hybridized carbons (Fsp3) is 0.571. The Kier molecular flexibility index (Phi) is 4.48. The summed E-state index contributed by atoms with van der Waals surface area (Å²) in [5, 5.41) is 5.51. The summed E-state index contributed by atoms with van der Waals surface area (Å²) in [6, 6.07) is 3.58. The Morgan fingerprint density at radius 2 is 1.89 bits per heavy atom. The van der Waals surface area contributed by atoms with Gasteiger partial charge in [-0.25, -0.2) is 0 Å². The summed E-state index contributed by atoms with van der Waals surface area (Å²) < 4.78 is 0. The maximum Gasteiger partial charge on any atom is 0.0639 e. The van der Waals surface area contributed by atoms with Crippen molar-refractivity contribution in [3.05, 3.63) is 32.8 Å². The minimum Gasteiger partial charge on any atom is -0.311 e. The molecule has 1 atom stereocenters. The van der Waals surface area contributed by atoms with Gasteiger partial charge in [-0.2, -0.15) is 0 Å². The number of rotatable bonds is 3. The van der Waals surface area contributed by atoms with Gasteiger partial charge >= 0.3 is 0 Å². The van der Waals surface area contributed by atoms with E-state index in [4.69, 9.17) is 34.8 Å². The third-order valence-electron chi connectivity index (χ3n) is 4.01. The van der Waals surface area contributed by atoms with Crippen LogP contribution in [-0.4, -0.2) is 12.1 Å². The van der Waals surface area contributed by atoms with Crippen LogP contribution in [0.15, 0.2) is 12.1 Å². The highest BCUT2D eigenvalue weighted by molar-refractivity contribution is 6.44. The van der Waals surface area contributed by atoms with Gasteiger partial charge < -0.3 is 5.32 Å². The summed E-state index contributed by atoms with van der Waals surface area (Å²) >= 11 is 18.7. The van der Waals surface area contributed by atoms with E-state index in [9.17, 15) is 0 Å². The van der Waals surface area contributed by atoms with Crippen LogP contribution in [0, 0.1) is 5.92 Å².